The lowest BCUT2D eigenvalue weighted by atomic mass is 9.87. The summed E-state index contributed by atoms with van der Waals surface area (Å²) >= 11 is 0. The minimum Gasteiger partial charge on any atom is -0.472 e. The Hall–Kier alpha value is -2.88. The maximum absolute atomic E-state index is 13.4. The normalized spacial score (nSPS) is 18.8. The Bertz CT molecular complexity index is 1020. The SMILES string of the molecule is O=C(c1ccc2c3c(cccc13)CC2)[C@@H]1CCCN(C(=O)c2ccoc2)C1. The van der Waals surface area contributed by atoms with Crippen LogP contribution in [0.4, 0.5) is 0 Å². The number of furan rings is 1. The molecule has 5 rings (SSSR count). The molecule has 3 aromatic rings. The fraction of sp³-hybridized carbons (Fsp3) is 0.304. The van der Waals surface area contributed by atoms with E-state index in [4.69, 9.17) is 4.42 Å². The predicted octanol–water partition coefficient (Wildman–Crippen LogP) is 4.27. The minimum absolute atomic E-state index is 0.0540. The molecule has 0 spiro atoms. The molecular weight excluding hydrogens is 338 g/mol. The van der Waals surface area contributed by atoms with Gasteiger partial charge in [-0.15, -0.1) is 0 Å². The van der Waals surface area contributed by atoms with Crippen LogP contribution >= 0.6 is 0 Å². The predicted molar refractivity (Wildman–Crippen MR) is 103 cm³/mol. The molecule has 1 amide bonds. The highest BCUT2D eigenvalue weighted by Crippen LogP contribution is 2.34. The number of amides is 1. The highest BCUT2D eigenvalue weighted by Gasteiger charge is 2.31. The van der Waals surface area contributed by atoms with Crippen LogP contribution in [0.25, 0.3) is 10.8 Å². The molecule has 1 aliphatic carbocycles. The van der Waals surface area contributed by atoms with Crippen LogP contribution in [0.3, 0.4) is 0 Å². The summed E-state index contributed by atoms with van der Waals surface area (Å²) < 4.78 is 5.03. The van der Waals surface area contributed by atoms with Crippen molar-refractivity contribution in [3.8, 4) is 0 Å². The molecule has 2 aromatic carbocycles. The minimum atomic E-state index is -0.145. The van der Waals surface area contributed by atoms with Crippen molar-refractivity contribution in [2.45, 2.75) is 25.7 Å². The number of hydrogen-bond acceptors (Lipinski definition) is 3. The summed E-state index contributed by atoms with van der Waals surface area (Å²) in [6, 6.07) is 12.1. The lowest BCUT2D eigenvalue weighted by molar-refractivity contribution is 0.0637. The van der Waals surface area contributed by atoms with E-state index >= 15 is 0 Å². The van der Waals surface area contributed by atoms with Gasteiger partial charge in [0.15, 0.2) is 5.78 Å². The van der Waals surface area contributed by atoms with Gasteiger partial charge in [0.25, 0.3) is 5.91 Å². The van der Waals surface area contributed by atoms with Crippen molar-refractivity contribution in [1.29, 1.82) is 0 Å². The molecular formula is C23H21NO3. The second kappa shape index (κ2) is 6.38. The zero-order valence-corrected chi connectivity index (χ0v) is 15.1. The number of rotatable bonds is 3. The van der Waals surface area contributed by atoms with Crippen molar-refractivity contribution in [3.05, 3.63) is 71.2 Å². The fourth-order valence-corrected chi connectivity index (χ4v) is 4.63. The summed E-state index contributed by atoms with van der Waals surface area (Å²) in [6.07, 6.45) is 6.77. The van der Waals surface area contributed by atoms with Crippen LogP contribution in [0, 0.1) is 5.92 Å². The van der Waals surface area contributed by atoms with Gasteiger partial charge in [0.05, 0.1) is 11.8 Å². The molecule has 1 aromatic heterocycles. The zero-order valence-electron chi connectivity index (χ0n) is 15.1. The van der Waals surface area contributed by atoms with Gasteiger partial charge in [-0.25, -0.2) is 0 Å². The first-order chi connectivity index (χ1) is 13.2. The fourth-order valence-electron chi connectivity index (χ4n) is 4.63. The molecule has 0 saturated carbocycles. The van der Waals surface area contributed by atoms with Crippen LogP contribution in [0.1, 0.15) is 44.7 Å². The maximum Gasteiger partial charge on any atom is 0.257 e. The largest absolute Gasteiger partial charge is 0.472 e. The molecule has 2 heterocycles. The first kappa shape index (κ1) is 16.3. The number of hydrogen-bond donors (Lipinski definition) is 0. The van der Waals surface area contributed by atoms with E-state index in [0.717, 1.165) is 36.6 Å². The Kier molecular flexibility index (Phi) is 3.85. The highest BCUT2D eigenvalue weighted by atomic mass is 16.3. The van der Waals surface area contributed by atoms with E-state index < -0.39 is 0 Å². The first-order valence-electron chi connectivity index (χ1n) is 9.61. The van der Waals surface area contributed by atoms with Gasteiger partial charge in [-0.3, -0.25) is 9.59 Å². The molecule has 0 radical (unpaired) electrons. The summed E-state index contributed by atoms with van der Waals surface area (Å²) in [6.45, 7) is 1.17. The van der Waals surface area contributed by atoms with Gasteiger partial charge in [-0.05, 0) is 53.6 Å². The summed E-state index contributed by atoms with van der Waals surface area (Å²) in [5, 5.41) is 2.34. The third-order valence-corrected chi connectivity index (χ3v) is 5.99. The average Bonchev–Trinajstić information content (AvgIpc) is 3.39. The third kappa shape index (κ3) is 2.67. The average molecular weight is 359 g/mol. The number of benzene rings is 2. The molecule has 136 valence electrons. The van der Waals surface area contributed by atoms with Crippen LogP contribution in [0.5, 0.6) is 0 Å². The molecule has 1 saturated heterocycles. The van der Waals surface area contributed by atoms with Crippen molar-refractivity contribution in [2.24, 2.45) is 5.92 Å². The zero-order chi connectivity index (χ0) is 18.4. The van der Waals surface area contributed by atoms with Crippen molar-refractivity contribution in [3.63, 3.8) is 0 Å². The summed E-state index contributed by atoms with van der Waals surface area (Å²) in [7, 11) is 0. The van der Waals surface area contributed by atoms with Gasteiger partial charge in [-0.1, -0.05) is 30.3 Å². The number of aryl methyl sites for hydroxylation is 2. The van der Waals surface area contributed by atoms with Crippen LogP contribution in [0.15, 0.2) is 53.3 Å². The number of piperidine rings is 1. The van der Waals surface area contributed by atoms with Crippen molar-refractivity contribution < 1.29 is 14.0 Å². The van der Waals surface area contributed by atoms with E-state index in [1.54, 1.807) is 11.0 Å². The van der Waals surface area contributed by atoms with Gasteiger partial charge in [0.1, 0.15) is 6.26 Å². The van der Waals surface area contributed by atoms with Crippen LogP contribution < -0.4 is 0 Å². The molecule has 1 aliphatic heterocycles. The van der Waals surface area contributed by atoms with Crippen molar-refractivity contribution in [1.82, 2.24) is 4.90 Å². The van der Waals surface area contributed by atoms with Gasteiger partial charge < -0.3 is 9.32 Å². The van der Waals surface area contributed by atoms with Crippen LogP contribution in [0.2, 0.25) is 0 Å². The van der Waals surface area contributed by atoms with Gasteiger partial charge in [0.2, 0.25) is 0 Å². The molecule has 2 aliphatic rings. The Balaban J connectivity index is 1.45. The molecule has 27 heavy (non-hydrogen) atoms. The van der Waals surface area contributed by atoms with E-state index in [1.165, 1.54) is 29.0 Å². The summed E-state index contributed by atoms with van der Waals surface area (Å²) in [5.41, 5.74) is 4.05. The van der Waals surface area contributed by atoms with Gasteiger partial charge in [0, 0.05) is 24.6 Å². The quantitative estimate of drug-likeness (QED) is 0.656. The van der Waals surface area contributed by atoms with E-state index in [1.807, 2.05) is 6.07 Å². The standard InChI is InChI=1S/C23H21NO3/c25-22(17-4-2-11-24(13-17)23(26)18-10-12-27-14-18)20-9-8-16-7-6-15-3-1-5-19(20)21(15)16/h1,3,5,8-10,12,14,17H,2,4,6-7,11,13H2/t17-/m1/s1. The maximum atomic E-state index is 13.4. The first-order valence-corrected chi connectivity index (χ1v) is 9.61. The lowest BCUT2D eigenvalue weighted by Gasteiger charge is -2.32. The van der Waals surface area contributed by atoms with Crippen molar-refractivity contribution >= 4 is 22.5 Å². The van der Waals surface area contributed by atoms with Crippen LogP contribution in [-0.4, -0.2) is 29.7 Å². The van der Waals surface area contributed by atoms with E-state index in [9.17, 15) is 9.59 Å². The van der Waals surface area contributed by atoms with E-state index in [0.29, 0.717) is 18.7 Å². The number of carbonyl (C=O) groups excluding carboxylic acids is 2. The van der Waals surface area contributed by atoms with Crippen LogP contribution in [-0.2, 0) is 12.8 Å². The summed E-state index contributed by atoms with van der Waals surface area (Å²) in [4.78, 5) is 27.8. The molecule has 0 bridgehead atoms. The smallest absolute Gasteiger partial charge is 0.257 e. The summed E-state index contributed by atoms with van der Waals surface area (Å²) in [5.74, 6) is -0.0370. The van der Waals surface area contributed by atoms with E-state index in [-0.39, 0.29) is 17.6 Å². The second-order valence-electron chi connectivity index (χ2n) is 7.58. The Morgan fingerprint density at radius 2 is 1.89 bits per heavy atom. The highest BCUT2D eigenvalue weighted by molar-refractivity contribution is 6.11. The number of ketones is 1. The number of likely N-dealkylation sites (tertiary alicyclic amines) is 1. The molecule has 4 nitrogen and oxygen atoms in total. The Labute approximate surface area is 157 Å². The van der Waals surface area contributed by atoms with Crippen molar-refractivity contribution in [2.75, 3.05) is 13.1 Å². The second-order valence-corrected chi connectivity index (χ2v) is 7.58. The number of carbonyl (C=O) groups is 2. The van der Waals surface area contributed by atoms with E-state index in [2.05, 4.69) is 24.3 Å². The number of nitrogens with zero attached hydrogens (tertiary/aromatic N) is 1. The molecule has 1 atom stereocenters. The molecule has 1 fully saturated rings. The molecule has 0 unspecified atom stereocenters. The topological polar surface area (TPSA) is 50.5 Å². The third-order valence-electron chi connectivity index (χ3n) is 5.99. The lowest BCUT2D eigenvalue weighted by Crippen LogP contribution is -2.42. The van der Waals surface area contributed by atoms with Gasteiger partial charge in [-0.2, -0.15) is 0 Å². The Morgan fingerprint density at radius 3 is 2.70 bits per heavy atom. The molecule has 0 N–H and O–H groups in total. The number of Topliss-reactive ketones (excluding diaryl/α,β-unsaturated/α-hetero) is 1. The Morgan fingerprint density at radius 1 is 1.04 bits per heavy atom. The monoisotopic (exact) mass is 359 g/mol. The van der Waals surface area contributed by atoms with Gasteiger partial charge >= 0.3 is 0 Å². The molecule has 4 heteroatoms.